The Balaban J connectivity index is 2.24. The lowest BCUT2D eigenvalue weighted by Crippen LogP contribution is -2.23. The molecule has 0 radical (unpaired) electrons. The Hall–Kier alpha value is -1.52. The zero-order valence-electron chi connectivity index (χ0n) is 11.7. The van der Waals surface area contributed by atoms with E-state index >= 15 is 0 Å². The molecule has 0 aliphatic carbocycles. The molecule has 0 spiro atoms. The van der Waals surface area contributed by atoms with Gasteiger partial charge in [-0.15, -0.1) is 0 Å². The van der Waals surface area contributed by atoms with Crippen LogP contribution in [0.3, 0.4) is 0 Å². The summed E-state index contributed by atoms with van der Waals surface area (Å²) in [7, 11) is 0. The van der Waals surface area contributed by atoms with Gasteiger partial charge in [0.1, 0.15) is 6.10 Å². The molecule has 5 nitrogen and oxygen atoms in total. The van der Waals surface area contributed by atoms with Crippen LogP contribution in [-0.4, -0.2) is 22.2 Å². The van der Waals surface area contributed by atoms with Crippen molar-refractivity contribution in [2.45, 2.75) is 64.4 Å². The first-order chi connectivity index (χ1) is 9.22. The standard InChI is InChI=1S/C14H25N3O2/c1-2-3-4-5-6-7-13(19-14(15)18)9-8-12-10-16-11-17-12/h10-11,13H,2-9H2,1H3,(H2,15,18)(H,16,17). The van der Waals surface area contributed by atoms with Gasteiger partial charge in [-0.25, -0.2) is 9.78 Å². The summed E-state index contributed by atoms with van der Waals surface area (Å²) in [6, 6.07) is 0. The molecule has 108 valence electrons. The van der Waals surface area contributed by atoms with Crippen molar-refractivity contribution in [1.82, 2.24) is 9.97 Å². The van der Waals surface area contributed by atoms with Crippen LogP contribution in [0.1, 0.15) is 57.6 Å². The number of H-pyrrole nitrogens is 1. The molecule has 3 N–H and O–H groups in total. The fourth-order valence-electron chi connectivity index (χ4n) is 2.14. The summed E-state index contributed by atoms with van der Waals surface area (Å²) < 4.78 is 5.16. The van der Waals surface area contributed by atoms with Crippen LogP contribution >= 0.6 is 0 Å². The first kappa shape index (κ1) is 15.5. The van der Waals surface area contributed by atoms with E-state index in [1.807, 2.05) is 6.20 Å². The van der Waals surface area contributed by atoms with E-state index in [2.05, 4.69) is 16.9 Å². The molecular weight excluding hydrogens is 242 g/mol. The summed E-state index contributed by atoms with van der Waals surface area (Å²) in [6.45, 7) is 2.20. The van der Waals surface area contributed by atoms with Crippen LogP contribution in [0.2, 0.25) is 0 Å². The van der Waals surface area contributed by atoms with Crippen LogP contribution in [0, 0.1) is 0 Å². The maximum atomic E-state index is 10.9. The Morgan fingerprint density at radius 3 is 2.79 bits per heavy atom. The van der Waals surface area contributed by atoms with Crippen molar-refractivity contribution in [3.05, 3.63) is 18.2 Å². The number of primary amides is 1. The second kappa shape index (κ2) is 9.42. The average molecular weight is 267 g/mol. The van der Waals surface area contributed by atoms with E-state index in [4.69, 9.17) is 10.5 Å². The third kappa shape index (κ3) is 7.49. The van der Waals surface area contributed by atoms with Crippen LogP contribution in [0.5, 0.6) is 0 Å². The van der Waals surface area contributed by atoms with Crippen LogP contribution in [0.25, 0.3) is 0 Å². The van der Waals surface area contributed by atoms with Crippen molar-refractivity contribution in [2.24, 2.45) is 5.73 Å². The number of hydrogen-bond donors (Lipinski definition) is 2. The number of nitrogens with zero attached hydrogens (tertiary/aromatic N) is 1. The van der Waals surface area contributed by atoms with Gasteiger partial charge in [0.05, 0.1) is 12.0 Å². The minimum atomic E-state index is -0.680. The Morgan fingerprint density at radius 2 is 2.16 bits per heavy atom. The molecule has 1 amide bonds. The lowest BCUT2D eigenvalue weighted by molar-refractivity contribution is 0.0940. The molecule has 1 unspecified atom stereocenters. The average Bonchev–Trinajstić information content (AvgIpc) is 2.88. The second-order valence-electron chi connectivity index (χ2n) is 4.86. The molecule has 1 rings (SSSR count). The number of rotatable bonds is 10. The number of hydrogen-bond acceptors (Lipinski definition) is 3. The molecule has 19 heavy (non-hydrogen) atoms. The van der Waals surface area contributed by atoms with Crippen molar-refractivity contribution >= 4 is 6.09 Å². The summed E-state index contributed by atoms with van der Waals surface area (Å²) in [6.07, 6.45) is 11.2. The number of nitrogens with one attached hydrogen (secondary N) is 1. The molecule has 1 heterocycles. The van der Waals surface area contributed by atoms with Crippen LogP contribution in [-0.2, 0) is 11.2 Å². The zero-order chi connectivity index (χ0) is 13.9. The number of aryl methyl sites for hydroxylation is 1. The molecule has 1 aromatic heterocycles. The minimum Gasteiger partial charge on any atom is -0.446 e. The van der Waals surface area contributed by atoms with Crippen molar-refractivity contribution in [3.8, 4) is 0 Å². The molecule has 5 heteroatoms. The summed E-state index contributed by atoms with van der Waals surface area (Å²) in [5, 5.41) is 0. The predicted octanol–water partition coefficient (Wildman–Crippen LogP) is 3.17. The van der Waals surface area contributed by atoms with Gasteiger partial charge in [-0.2, -0.15) is 0 Å². The fraction of sp³-hybridized carbons (Fsp3) is 0.714. The second-order valence-corrected chi connectivity index (χ2v) is 4.86. The van der Waals surface area contributed by atoms with Gasteiger partial charge in [-0.1, -0.05) is 32.6 Å². The summed E-state index contributed by atoms with van der Waals surface area (Å²) in [5.41, 5.74) is 6.10. The maximum absolute atomic E-state index is 10.9. The Bertz CT molecular complexity index is 338. The van der Waals surface area contributed by atoms with Crippen molar-refractivity contribution < 1.29 is 9.53 Å². The van der Waals surface area contributed by atoms with E-state index in [0.717, 1.165) is 31.4 Å². The number of carbonyl (C=O) groups excluding carboxylic acids is 1. The van der Waals surface area contributed by atoms with Gasteiger partial charge >= 0.3 is 6.09 Å². The molecule has 1 aromatic rings. The molecule has 0 aliphatic rings. The molecule has 0 bridgehead atoms. The number of nitrogens with two attached hydrogens (primary N) is 1. The smallest absolute Gasteiger partial charge is 0.404 e. The topological polar surface area (TPSA) is 81.0 Å². The molecule has 0 saturated heterocycles. The van der Waals surface area contributed by atoms with E-state index in [0.29, 0.717) is 0 Å². The SMILES string of the molecule is CCCCCCCC(CCc1c[nH]cn1)OC(N)=O. The highest BCUT2D eigenvalue weighted by atomic mass is 16.6. The summed E-state index contributed by atoms with van der Waals surface area (Å²) in [4.78, 5) is 18.0. The Kier molecular flexibility index (Phi) is 7.70. The number of amides is 1. The van der Waals surface area contributed by atoms with Crippen molar-refractivity contribution in [3.63, 3.8) is 0 Å². The highest BCUT2D eigenvalue weighted by Crippen LogP contribution is 2.14. The lowest BCUT2D eigenvalue weighted by Gasteiger charge is -2.16. The lowest BCUT2D eigenvalue weighted by atomic mass is 10.0. The van der Waals surface area contributed by atoms with E-state index in [1.54, 1.807) is 6.33 Å². The first-order valence-corrected chi connectivity index (χ1v) is 7.16. The van der Waals surface area contributed by atoms with Crippen LogP contribution in [0.15, 0.2) is 12.5 Å². The third-order valence-electron chi connectivity index (χ3n) is 3.19. The maximum Gasteiger partial charge on any atom is 0.404 e. The van der Waals surface area contributed by atoms with Gasteiger partial charge in [0.15, 0.2) is 0 Å². The number of aromatic amines is 1. The highest BCUT2D eigenvalue weighted by Gasteiger charge is 2.12. The molecule has 0 fully saturated rings. The Morgan fingerprint density at radius 1 is 1.37 bits per heavy atom. The predicted molar refractivity (Wildman–Crippen MR) is 74.7 cm³/mol. The number of imidazole rings is 1. The molecule has 0 saturated carbocycles. The normalized spacial score (nSPS) is 12.3. The number of carbonyl (C=O) groups is 1. The van der Waals surface area contributed by atoms with E-state index < -0.39 is 6.09 Å². The van der Waals surface area contributed by atoms with Crippen molar-refractivity contribution in [2.75, 3.05) is 0 Å². The van der Waals surface area contributed by atoms with E-state index in [-0.39, 0.29) is 6.10 Å². The number of aromatic nitrogens is 2. The van der Waals surface area contributed by atoms with Gasteiger partial charge in [-0.3, -0.25) is 0 Å². The van der Waals surface area contributed by atoms with Gasteiger partial charge in [-0.05, 0) is 25.7 Å². The third-order valence-corrected chi connectivity index (χ3v) is 3.19. The number of unbranched alkanes of at least 4 members (excludes halogenated alkanes) is 4. The van der Waals surface area contributed by atoms with Gasteiger partial charge < -0.3 is 15.5 Å². The molecular formula is C14H25N3O2. The van der Waals surface area contributed by atoms with Crippen LogP contribution < -0.4 is 5.73 Å². The largest absolute Gasteiger partial charge is 0.446 e. The number of ether oxygens (including phenoxy) is 1. The highest BCUT2D eigenvalue weighted by molar-refractivity contribution is 5.64. The van der Waals surface area contributed by atoms with Crippen molar-refractivity contribution in [1.29, 1.82) is 0 Å². The van der Waals surface area contributed by atoms with E-state index in [1.165, 1.54) is 25.7 Å². The minimum absolute atomic E-state index is 0.0872. The molecule has 0 aromatic carbocycles. The van der Waals surface area contributed by atoms with Gasteiger partial charge in [0, 0.05) is 6.20 Å². The first-order valence-electron chi connectivity index (χ1n) is 7.16. The fourth-order valence-corrected chi connectivity index (χ4v) is 2.14. The monoisotopic (exact) mass is 267 g/mol. The van der Waals surface area contributed by atoms with Crippen LogP contribution in [0.4, 0.5) is 4.79 Å². The summed E-state index contributed by atoms with van der Waals surface area (Å²) >= 11 is 0. The zero-order valence-corrected chi connectivity index (χ0v) is 11.7. The quantitative estimate of drug-likeness (QED) is 0.639. The van der Waals surface area contributed by atoms with Gasteiger partial charge in [0.2, 0.25) is 0 Å². The Labute approximate surface area is 114 Å². The van der Waals surface area contributed by atoms with E-state index in [9.17, 15) is 4.79 Å². The van der Waals surface area contributed by atoms with Gasteiger partial charge in [0.25, 0.3) is 0 Å². The molecule has 1 atom stereocenters. The summed E-state index contributed by atoms with van der Waals surface area (Å²) in [5.74, 6) is 0. The molecule has 0 aliphatic heterocycles.